The SMILES string of the molecule is CCOc1cc(/C=N\NC(=O)Cc2ccc(C(C)(C)C)cc2)ccc1OCc1ccccc1Cl. The molecule has 1 amide bonds. The Hall–Kier alpha value is -3.31. The predicted molar refractivity (Wildman–Crippen MR) is 138 cm³/mol. The average molecular weight is 479 g/mol. The molecule has 0 fully saturated rings. The molecule has 0 aliphatic carbocycles. The van der Waals surface area contributed by atoms with Crippen LogP contribution in [0.4, 0.5) is 0 Å². The Morgan fingerprint density at radius 2 is 1.74 bits per heavy atom. The molecule has 178 valence electrons. The van der Waals surface area contributed by atoms with Crippen LogP contribution in [0.1, 0.15) is 49.9 Å². The molecule has 3 aromatic carbocycles. The molecule has 0 radical (unpaired) electrons. The zero-order valence-electron chi connectivity index (χ0n) is 20.1. The van der Waals surface area contributed by atoms with Crippen LogP contribution in [-0.2, 0) is 23.2 Å². The van der Waals surface area contributed by atoms with E-state index in [1.807, 2.05) is 61.5 Å². The molecule has 0 saturated heterocycles. The van der Waals surface area contributed by atoms with Gasteiger partial charge < -0.3 is 9.47 Å². The lowest BCUT2D eigenvalue weighted by atomic mass is 9.86. The Balaban J connectivity index is 1.58. The maximum atomic E-state index is 12.3. The lowest BCUT2D eigenvalue weighted by Gasteiger charge is -2.19. The van der Waals surface area contributed by atoms with Crippen LogP contribution < -0.4 is 14.9 Å². The Bertz CT molecular complexity index is 1140. The number of nitrogens with zero attached hydrogens (tertiary/aromatic N) is 1. The van der Waals surface area contributed by atoms with Gasteiger partial charge in [0.15, 0.2) is 11.5 Å². The molecule has 0 aromatic heterocycles. The summed E-state index contributed by atoms with van der Waals surface area (Å²) in [4.78, 5) is 12.3. The van der Waals surface area contributed by atoms with Gasteiger partial charge in [-0.2, -0.15) is 5.10 Å². The van der Waals surface area contributed by atoms with Crippen molar-refractivity contribution in [1.82, 2.24) is 5.43 Å². The van der Waals surface area contributed by atoms with E-state index in [2.05, 4.69) is 43.4 Å². The number of benzene rings is 3. The first-order valence-electron chi connectivity index (χ1n) is 11.3. The highest BCUT2D eigenvalue weighted by atomic mass is 35.5. The number of rotatable bonds is 9. The predicted octanol–water partition coefficient (Wildman–Crippen LogP) is 6.31. The fraction of sp³-hybridized carbons (Fsp3) is 0.286. The van der Waals surface area contributed by atoms with Crippen molar-refractivity contribution in [2.45, 2.75) is 46.1 Å². The number of amides is 1. The third-order valence-corrected chi connectivity index (χ3v) is 5.56. The van der Waals surface area contributed by atoms with E-state index in [0.29, 0.717) is 29.7 Å². The molecule has 3 rings (SSSR count). The standard InChI is InChI=1S/C28H31ClN2O3/c1-5-33-26-16-21(12-15-25(26)34-19-22-8-6-7-9-24(22)29)18-30-31-27(32)17-20-10-13-23(14-11-20)28(2,3)4/h6-16,18H,5,17,19H2,1-4H3,(H,31,32)/b30-18-. The average Bonchev–Trinajstić information content (AvgIpc) is 2.79. The molecule has 0 bridgehead atoms. The first kappa shape index (κ1) is 25.3. The highest BCUT2D eigenvalue weighted by molar-refractivity contribution is 6.31. The number of ether oxygens (including phenoxy) is 2. The molecule has 34 heavy (non-hydrogen) atoms. The van der Waals surface area contributed by atoms with Crippen LogP contribution >= 0.6 is 11.6 Å². The molecular weight excluding hydrogens is 448 g/mol. The quantitative estimate of drug-likeness (QED) is 0.289. The van der Waals surface area contributed by atoms with Crippen LogP contribution in [0.5, 0.6) is 11.5 Å². The lowest BCUT2D eigenvalue weighted by molar-refractivity contribution is -0.120. The van der Waals surface area contributed by atoms with Crippen LogP contribution in [0.3, 0.4) is 0 Å². The Kier molecular flexibility index (Phi) is 8.72. The molecule has 0 aliphatic rings. The van der Waals surface area contributed by atoms with Crippen LogP contribution in [-0.4, -0.2) is 18.7 Å². The van der Waals surface area contributed by atoms with Gasteiger partial charge in [-0.25, -0.2) is 5.43 Å². The molecule has 6 heteroatoms. The molecule has 0 aliphatic heterocycles. The highest BCUT2D eigenvalue weighted by Gasteiger charge is 2.13. The van der Waals surface area contributed by atoms with Crippen molar-refractivity contribution in [3.05, 3.63) is 94.0 Å². The van der Waals surface area contributed by atoms with Crippen LogP contribution in [0, 0.1) is 0 Å². The van der Waals surface area contributed by atoms with Crippen molar-refractivity contribution in [3.63, 3.8) is 0 Å². The monoisotopic (exact) mass is 478 g/mol. The van der Waals surface area contributed by atoms with Gasteiger partial charge in [0.1, 0.15) is 6.61 Å². The zero-order chi connectivity index (χ0) is 24.6. The summed E-state index contributed by atoms with van der Waals surface area (Å²) < 4.78 is 11.7. The third-order valence-electron chi connectivity index (χ3n) is 5.20. The number of carbonyl (C=O) groups is 1. The van der Waals surface area contributed by atoms with E-state index < -0.39 is 0 Å². The number of carbonyl (C=O) groups excluding carboxylic acids is 1. The highest BCUT2D eigenvalue weighted by Crippen LogP contribution is 2.29. The smallest absolute Gasteiger partial charge is 0.244 e. The molecule has 3 aromatic rings. The number of hydrogen-bond acceptors (Lipinski definition) is 4. The minimum atomic E-state index is -0.176. The van der Waals surface area contributed by atoms with Gasteiger partial charge in [-0.05, 0) is 53.3 Å². The summed E-state index contributed by atoms with van der Waals surface area (Å²) in [6.07, 6.45) is 1.85. The first-order valence-corrected chi connectivity index (χ1v) is 11.7. The van der Waals surface area contributed by atoms with Gasteiger partial charge in [-0.1, -0.05) is 74.8 Å². The van der Waals surface area contributed by atoms with Crippen molar-refractivity contribution in [2.75, 3.05) is 6.61 Å². The van der Waals surface area contributed by atoms with Gasteiger partial charge in [-0.15, -0.1) is 0 Å². The Morgan fingerprint density at radius 3 is 2.41 bits per heavy atom. The topological polar surface area (TPSA) is 59.9 Å². The van der Waals surface area contributed by atoms with Gasteiger partial charge in [0, 0.05) is 10.6 Å². The number of nitrogens with one attached hydrogen (secondary N) is 1. The molecule has 0 heterocycles. The van der Waals surface area contributed by atoms with E-state index in [4.69, 9.17) is 21.1 Å². The normalized spacial score (nSPS) is 11.4. The van der Waals surface area contributed by atoms with Crippen molar-refractivity contribution in [3.8, 4) is 11.5 Å². The number of hydrazone groups is 1. The fourth-order valence-electron chi connectivity index (χ4n) is 3.29. The van der Waals surface area contributed by atoms with Crippen LogP contribution in [0.25, 0.3) is 0 Å². The largest absolute Gasteiger partial charge is 0.490 e. The van der Waals surface area contributed by atoms with E-state index in [1.165, 1.54) is 5.56 Å². The van der Waals surface area contributed by atoms with E-state index in [9.17, 15) is 4.79 Å². The fourth-order valence-corrected chi connectivity index (χ4v) is 3.48. The molecule has 0 spiro atoms. The second-order valence-corrected chi connectivity index (χ2v) is 9.34. The molecule has 1 N–H and O–H groups in total. The van der Waals surface area contributed by atoms with Crippen molar-refractivity contribution in [2.24, 2.45) is 5.10 Å². The molecule has 5 nitrogen and oxygen atoms in total. The maximum absolute atomic E-state index is 12.3. The summed E-state index contributed by atoms with van der Waals surface area (Å²) >= 11 is 6.21. The minimum Gasteiger partial charge on any atom is -0.490 e. The number of halogens is 1. The van der Waals surface area contributed by atoms with Gasteiger partial charge in [0.05, 0.1) is 19.2 Å². The third kappa shape index (κ3) is 7.35. The van der Waals surface area contributed by atoms with Crippen molar-refractivity contribution in [1.29, 1.82) is 0 Å². The molecule has 0 atom stereocenters. The van der Waals surface area contributed by atoms with Gasteiger partial charge in [0.25, 0.3) is 0 Å². The van der Waals surface area contributed by atoms with E-state index >= 15 is 0 Å². The van der Waals surface area contributed by atoms with Crippen LogP contribution in [0.15, 0.2) is 71.8 Å². The second-order valence-electron chi connectivity index (χ2n) is 8.94. The lowest BCUT2D eigenvalue weighted by Crippen LogP contribution is -2.20. The number of hydrogen-bond donors (Lipinski definition) is 1. The van der Waals surface area contributed by atoms with Gasteiger partial charge in [-0.3, -0.25) is 4.79 Å². The summed E-state index contributed by atoms with van der Waals surface area (Å²) in [5.41, 5.74) is 6.53. The Morgan fingerprint density at radius 1 is 1.00 bits per heavy atom. The van der Waals surface area contributed by atoms with E-state index in [-0.39, 0.29) is 17.7 Å². The van der Waals surface area contributed by atoms with Crippen molar-refractivity contribution < 1.29 is 14.3 Å². The van der Waals surface area contributed by atoms with E-state index in [0.717, 1.165) is 16.7 Å². The summed E-state index contributed by atoms with van der Waals surface area (Å²) in [7, 11) is 0. The van der Waals surface area contributed by atoms with Crippen molar-refractivity contribution >= 4 is 23.7 Å². The zero-order valence-corrected chi connectivity index (χ0v) is 20.9. The van der Waals surface area contributed by atoms with E-state index in [1.54, 1.807) is 6.21 Å². The Labute approximate surface area is 206 Å². The second kappa shape index (κ2) is 11.7. The summed E-state index contributed by atoms with van der Waals surface area (Å²) in [5, 5.41) is 4.75. The van der Waals surface area contributed by atoms with Crippen LogP contribution in [0.2, 0.25) is 5.02 Å². The summed E-state index contributed by atoms with van der Waals surface area (Å²) in [6, 6.07) is 21.2. The molecular formula is C28H31ClN2O3. The van der Waals surface area contributed by atoms with Gasteiger partial charge in [0.2, 0.25) is 5.91 Å². The molecule has 0 unspecified atom stereocenters. The maximum Gasteiger partial charge on any atom is 0.244 e. The summed E-state index contributed by atoms with van der Waals surface area (Å²) in [5.74, 6) is 1.04. The first-order chi connectivity index (χ1) is 16.3. The molecule has 0 saturated carbocycles. The summed E-state index contributed by atoms with van der Waals surface area (Å²) in [6.45, 7) is 9.23. The minimum absolute atomic E-state index is 0.0839. The van der Waals surface area contributed by atoms with Gasteiger partial charge >= 0.3 is 0 Å².